The number of alkyl halides is 1. The maximum atomic E-state index is 11.2. The highest BCUT2D eigenvalue weighted by atomic mass is 35.7. The molecular weight excluding hydrogens is 265 g/mol. The molecule has 1 aromatic rings. The molecule has 1 aromatic carbocycles. The highest BCUT2D eigenvalue weighted by molar-refractivity contribution is 8.27. The first kappa shape index (κ1) is 10.4. The lowest BCUT2D eigenvalue weighted by Crippen LogP contribution is -2.30. The molecule has 76 valence electrons. The van der Waals surface area contributed by atoms with Crippen molar-refractivity contribution in [1.29, 1.82) is 0 Å². The van der Waals surface area contributed by atoms with Crippen LogP contribution in [0.4, 0.5) is 5.69 Å². The van der Waals surface area contributed by atoms with Crippen molar-refractivity contribution in [2.45, 2.75) is 8.56 Å². The van der Waals surface area contributed by atoms with Gasteiger partial charge in [-0.1, -0.05) is 35.5 Å². The zero-order chi connectivity index (χ0) is 10.4. The quantitative estimate of drug-likeness (QED) is 0.484. The smallest absolute Gasteiger partial charge is 0.282 e. The molecule has 3 nitrogen and oxygen atoms in total. The summed E-state index contributed by atoms with van der Waals surface area (Å²) < 4.78 is 20.7. The van der Waals surface area contributed by atoms with E-state index in [1.807, 2.05) is 0 Å². The molecular formula is C7H5Cl2NO2S2. The molecule has 0 amide bonds. The number of benzene rings is 1. The van der Waals surface area contributed by atoms with Crippen molar-refractivity contribution in [3.8, 4) is 0 Å². The highest BCUT2D eigenvalue weighted by Gasteiger charge is 2.47. The lowest BCUT2D eigenvalue weighted by atomic mass is 10.3. The summed E-state index contributed by atoms with van der Waals surface area (Å²) in [5, 5.41) is 2.66. The molecule has 0 spiro atoms. The molecule has 1 heterocycles. The monoisotopic (exact) mass is 269 g/mol. The van der Waals surface area contributed by atoms with Gasteiger partial charge >= 0.3 is 0 Å². The summed E-state index contributed by atoms with van der Waals surface area (Å²) in [6.45, 7) is 0. The molecule has 1 aliphatic rings. The first-order chi connectivity index (χ1) is 6.42. The Kier molecular flexibility index (Phi) is 2.38. The second kappa shape index (κ2) is 3.20. The Morgan fingerprint density at radius 2 is 2.00 bits per heavy atom. The van der Waals surface area contributed by atoms with Crippen molar-refractivity contribution >= 4 is 48.8 Å². The van der Waals surface area contributed by atoms with Crippen molar-refractivity contribution in [3.05, 3.63) is 24.3 Å². The van der Waals surface area contributed by atoms with Gasteiger partial charge in [-0.25, -0.2) is 8.42 Å². The number of hydrogen-bond acceptors (Lipinski definition) is 4. The first-order valence-electron chi connectivity index (χ1n) is 3.62. The summed E-state index contributed by atoms with van der Waals surface area (Å²) in [6, 6.07) is 7.11. The molecule has 0 aromatic heterocycles. The van der Waals surface area contributed by atoms with Crippen LogP contribution < -0.4 is 5.32 Å². The lowest BCUT2D eigenvalue weighted by molar-refractivity contribution is 0.606. The van der Waals surface area contributed by atoms with Crippen LogP contribution in [0.1, 0.15) is 0 Å². The largest absolute Gasteiger partial charge is 0.344 e. The summed E-state index contributed by atoms with van der Waals surface area (Å²) >= 11 is 6.82. The number of rotatable bonds is 1. The van der Waals surface area contributed by atoms with Gasteiger partial charge in [0.15, 0.2) is 0 Å². The number of para-hydroxylation sites is 1. The Labute approximate surface area is 95.2 Å². The maximum absolute atomic E-state index is 11.2. The normalized spacial score (nSPS) is 25.6. The van der Waals surface area contributed by atoms with E-state index in [4.69, 9.17) is 22.3 Å². The minimum Gasteiger partial charge on any atom is -0.344 e. The van der Waals surface area contributed by atoms with Gasteiger partial charge in [0.1, 0.15) is 0 Å². The van der Waals surface area contributed by atoms with Crippen LogP contribution in [-0.4, -0.2) is 12.1 Å². The fraction of sp³-hybridized carbons (Fsp3) is 0.143. The number of thioether (sulfide) groups is 1. The van der Waals surface area contributed by atoms with E-state index in [0.717, 1.165) is 16.7 Å². The van der Waals surface area contributed by atoms with E-state index in [-0.39, 0.29) is 0 Å². The topological polar surface area (TPSA) is 46.2 Å². The standard InChI is InChI=1S/C7H5Cl2NO2S2/c8-7(14(9,11)12)10-5-3-1-2-4-6(5)13-7/h1-4,10H. The Morgan fingerprint density at radius 3 is 2.57 bits per heavy atom. The zero-order valence-electron chi connectivity index (χ0n) is 6.70. The fourth-order valence-corrected chi connectivity index (χ4v) is 3.57. The van der Waals surface area contributed by atoms with E-state index in [1.165, 1.54) is 0 Å². The molecule has 1 unspecified atom stereocenters. The van der Waals surface area contributed by atoms with Crippen LogP contribution in [0.5, 0.6) is 0 Å². The van der Waals surface area contributed by atoms with Gasteiger partial charge in [-0.05, 0) is 12.1 Å². The molecule has 7 heteroatoms. The van der Waals surface area contributed by atoms with Crippen LogP contribution in [0.2, 0.25) is 0 Å². The molecule has 1 N–H and O–H groups in total. The molecule has 1 atom stereocenters. The van der Waals surface area contributed by atoms with Crippen LogP contribution >= 0.6 is 34.0 Å². The number of hydrogen-bond donors (Lipinski definition) is 1. The molecule has 0 radical (unpaired) electrons. The number of halogens is 2. The Morgan fingerprint density at radius 1 is 1.36 bits per heavy atom. The average molecular weight is 270 g/mol. The van der Waals surface area contributed by atoms with Crippen LogP contribution in [-0.2, 0) is 9.05 Å². The highest BCUT2D eigenvalue weighted by Crippen LogP contribution is 2.51. The van der Waals surface area contributed by atoms with Crippen LogP contribution in [0, 0.1) is 0 Å². The fourth-order valence-electron chi connectivity index (χ4n) is 1.10. The van der Waals surface area contributed by atoms with Crippen LogP contribution in [0.25, 0.3) is 0 Å². The third-order valence-corrected chi connectivity index (χ3v) is 6.45. The molecule has 0 bridgehead atoms. The van der Waals surface area contributed by atoms with Gasteiger partial charge < -0.3 is 5.32 Å². The minimum absolute atomic E-state index is 0.678. The Bertz CT molecular complexity index is 449. The lowest BCUT2D eigenvalue weighted by Gasteiger charge is -2.16. The van der Waals surface area contributed by atoms with Gasteiger partial charge in [-0.15, -0.1) is 0 Å². The molecule has 0 saturated carbocycles. The van der Waals surface area contributed by atoms with Gasteiger partial charge in [0.25, 0.3) is 12.7 Å². The van der Waals surface area contributed by atoms with E-state index < -0.39 is 12.7 Å². The summed E-state index contributed by atoms with van der Waals surface area (Å²) in [5.74, 6) is 0. The molecule has 0 saturated heterocycles. The average Bonchev–Trinajstić information content (AvgIpc) is 2.40. The van der Waals surface area contributed by atoms with Crippen molar-refractivity contribution < 1.29 is 8.42 Å². The minimum atomic E-state index is -3.88. The van der Waals surface area contributed by atoms with E-state index in [0.29, 0.717) is 5.69 Å². The van der Waals surface area contributed by atoms with Crippen molar-refractivity contribution in [2.24, 2.45) is 0 Å². The first-order valence-corrected chi connectivity index (χ1v) is 7.12. The van der Waals surface area contributed by atoms with Crippen molar-refractivity contribution in [1.82, 2.24) is 0 Å². The maximum Gasteiger partial charge on any atom is 0.282 e. The molecule has 2 rings (SSSR count). The predicted molar refractivity (Wildman–Crippen MR) is 59.3 cm³/mol. The van der Waals surface area contributed by atoms with Crippen molar-refractivity contribution in [2.75, 3.05) is 5.32 Å². The van der Waals surface area contributed by atoms with Gasteiger partial charge in [-0.2, -0.15) is 0 Å². The van der Waals surface area contributed by atoms with Crippen LogP contribution in [0.15, 0.2) is 29.2 Å². The van der Waals surface area contributed by atoms with Crippen LogP contribution in [0.3, 0.4) is 0 Å². The molecule has 1 aliphatic heterocycles. The number of nitrogens with one attached hydrogen (secondary N) is 1. The Balaban J connectivity index is 2.45. The van der Waals surface area contributed by atoms with E-state index in [2.05, 4.69) is 5.32 Å². The predicted octanol–water partition coefficient (Wildman–Crippen LogP) is 2.62. The summed E-state index contributed by atoms with van der Waals surface area (Å²) in [7, 11) is 1.35. The summed E-state index contributed by atoms with van der Waals surface area (Å²) in [5.41, 5.74) is 0.678. The van der Waals surface area contributed by atoms with E-state index >= 15 is 0 Å². The Hall–Kier alpha value is -0.100. The van der Waals surface area contributed by atoms with Gasteiger partial charge in [0.05, 0.1) is 5.69 Å². The molecule has 14 heavy (non-hydrogen) atoms. The molecule has 0 aliphatic carbocycles. The third kappa shape index (κ3) is 1.58. The van der Waals surface area contributed by atoms with Gasteiger partial charge in [0, 0.05) is 15.6 Å². The SMILES string of the molecule is O=S(=O)(Cl)C1(Cl)Nc2ccccc2S1. The zero-order valence-corrected chi connectivity index (χ0v) is 9.84. The third-order valence-electron chi connectivity index (χ3n) is 1.73. The van der Waals surface area contributed by atoms with Gasteiger partial charge in [-0.3, -0.25) is 0 Å². The van der Waals surface area contributed by atoms with E-state index in [9.17, 15) is 8.42 Å². The molecule has 0 fully saturated rings. The second-order valence-corrected chi connectivity index (χ2v) is 7.93. The number of fused-ring (bicyclic) bond motifs is 1. The number of anilines is 1. The summed E-state index contributed by atoms with van der Waals surface area (Å²) in [6.07, 6.45) is 0. The second-order valence-electron chi connectivity index (χ2n) is 2.70. The van der Waals surface area contributed by atoms with E-state index in [1.54, 1.807) is 24.3 Å². The van der Waals surface area contributed by atoms with Gasteiger partial charge in [0.2, 0.25) is 0 Å². The van der Waals surface area contributed by atoms with Crippen molar-refractivity contribution in [3.63, 3.8) is 0 Å². The summed E-state index contributed by atoms with van der Waals surface area (Å²) in [4.78, 5) is 0.770.